The molecule has 0 aliphatic rings. The van der Waals surface area contributed by atoms with Crippen LogP contribution in [-0.4, -0.2) is 25.4 Å². The largest absolute Gasteiger partial charge is 0.497 e. The van der Waals surface area contributed by atoms with E-state index >= 15 is 0 Å². The molecule has 0 saturated carbocycles. The second-order valence-electron chi connectivity index (χ2n) is 3.15. The summed E-state index contributed by atoms with van der Waals surface area (Å²) < 4.78 is 9.90. The van der Waals surface area contributed by atoms with Crippen LogP contribution in [0.2, 0.25) is 0 Å². The van der Waals surface area contributed by atoms with Gasteiger partial charge in [0.1, 0.15) is 5.75 Å². The number of carbonyl (C=O) groups is 1. The molecular weight excluding hydrogens is 224 g/mol. The van der Waals surface area contributed by atoms with E-state index in [2.05, 4.69) is 0 Å². The van der Waals surface area contributed by atoms with Crippen LogP contribution in [-0.2, 0) is 15.3 Å². The van der Waals surface area contributed by atoms with Gasteiger partial charge >= 0.3 is 5.97 Å². The molecule has 88 valence electrons. The minimum Gasteiger partial charge on any atom is -0.497 e. The predicted molar refractivity (Wildman–Crippen MR) is 65.8 cm³/mol. The molecule has 1 aromatic carbocycles. The number of methoxy groups -OCH3 is 1. The van der Waals surface area contributed by atoms with Gasteiger partial charge in [0.25, 0.3) is 0 Å². The van der Waals surface area contributed by atoms with Crippen molar-refractivity contribution in [3.8, 4) is 5.75 Å². The maximum atomic E-state index is 11.1. The van der Waals surface area contributed by atoms with Gasteiger partial charge in [-0.25, -0.2) is 0 Å². The van der Waals surface area contributed by atoms with E-state index < -0.39 is 0 Å². The van der Waals surface area contributed by atoms with Crippen LogP contribution < -0.4 is 4.74 Å². The molecule has 0 amide bonds. The van der Waals surface area contributed by atoms with Crippen molar-refractivity contribution < 1.29 is 14.3 Å². The Morgan fingerprint density at radius 3 is 2.56 bits per heavy atom. The lowest BCUT2D eigenvalue weighted by Crippen LogP contribution is -2.06. The van der Waals surface area contributed by atoms with Crippen molar-refractivity contribution in [1.82, 2.24) is 0 Å². The van der Waals surface area contributed by atoms with Gasteiger partial charge in [-0.05, 0) is 24.6 Å². The third-order valence-corrected chi connectivity index (χ3v) is 2.93. The Labute approximate surface area is 100 Å². The summed E-state index contributed by atoms with van der Waals surface area (Å²) in [7, 11) is 1.64. The zero-order valence-electron chi connectivity index (χ0n) is 9.56. The van der Waals surface area contributed by atoms with Gasteiger partial charge in [0.05, 0.1) is 19.5 Å². The number of hydrogen-bond acceptors (Lipinski definition) is 4. The molecule has 0 aliphatic carbocycles. The fraction of sp³-hybridized carbons (Fsp3) is 0.417. The molecule has 0 N–H and O–H groups in total. The van der Waals surface area contributed by atoms with E-state index in [1.54, 1.807) is 18.9 Å². The Kier molecular flexibility index (Phi) is 5.78. The summed E-state index contributed by atoms with van der Waals surface area (Å²) >= 11 is 1.55. The first-order chi connectivity index (χ1) is 7.76. The van der Waals surface area contributed by atoms with Gasteiger partial charge in [-0.3, -0.25) is 4.79 Å². The lowest BCUT2D eigenvalue weighted by Gasteiger charge is -2.03. The van der Waals surface area contributed by atoms with E-state index in [0.717, 1.165) is 11.5 Å². The van der Waals surface area contributed by atoms with E-state index in [-0.39, 0.29) is 5.97 Å². The normalized spacial score (nSPS) is 9.88. The van der Waals surface area contributed by atoms with E-state index in [9.17, 15) is 4.79 Å². The molecule has 0 aliphatic heterocycles. The Balaban J connectivity index is 2.29. The van der Waals surface area contributed by atoms with Crippen molar-refractivity contribution in [3.63, 3.8) is 0 Å². The topological polar surface area (TPSA) is 35.5 Å². The van der Waals surface area contributed by atoms with Crippen molar-refractivity contribution in [2.24, 2.45) is 0 Å². The Bertz CT molecular complexity index is 322. The van der Waals surface area contributed by atoms with Gasteiger partial charge in [-0.15, -0.1) is 11.8 Å². The Hall–Kier alpha value is -1.16. The molecular formula is C12H16O3S. The summed E-state index contributed by atoms with van der Waals surface area (Å²) in [4.78, 5) is 11.1. The predicted octanol–water partition coefficient (Wildman–Crippen LogP) is 2.49. The van der Waals surface area contributed by atoms with Crippen LogP contribution in [0.15, 0.2) is 24.3 Å². The molecule has 1 aromatic rings. The van der Waals surface area contributed by atoms with Crippen LogP contribution in [0.1, 0.15) is 12.5 Å². The fourth-order valence-electron chi connectivity index (χ4n) is 1.18. The minimum absolute atomic E-state index is 0.152. The van der Waals surface area contributed by atoms with E-state index in [0.29, 0.717) is 12.4 Å². The third-order valence-electron chi connectivity index (χ3n) is 1.95. The van der Waals surface area contributed by atoms with Gasteiger partial charge in [0.15, 0.2) is 0 Å². The zero-order chi connectivity index (χ0) is 11.8. The molecule has 0 unspecified atom stereocenters. The maximum Gasteiger partial charge on any atom is 0.315 e. The molecule has 4 heteroatoms. The molecule has 0 bridgehead atoms. The summed E-state index contributed by atoms with van der Waals surface area (Å²) in [6.07, 6.45) is 0. The first-order valence-electron chi connectivity index (χ1n) is 5.12. The van der Waals surface area contributed by atoms with Crippen molar-refractivity contribution in [2.75, 3.05) is 19.5 Å². The Morgan fingerprint density at radius 2 is 2.00 bits per heavy atom. The SMILES string of the molecule is CCOC(=O)CSCc1ccc(OC)cc1. The average molecular weight is 240 g/mol. The second-order valence-corrected chi connectivity index (χ2v) is 4.13. The molecule has 0 radical (unpaired) electrons. The summed E-state index contributed by atoms with van der Waals surface area (Å²) in [5, 5.41) is 0. The maximum absolute atomic E-state index is 11.1. The molecule has 0 fully saturated rings. The van der Waals surface area contributed by atoms with Gasteiger partial charge in [0.2, 0.25) is 0 Å². The van der Waals surface area contributed by atoms with Crippen LogP contribution >= 0.6 is 11.8 Å². The smallest absolute Gasteiger partial charge is 0.315 e. The summed E-state index contributed by atoms with van der Waals surface area (Å²) in [5.41, 5.74) is 1.18. The Morgan fingerprint density at radius 1 is 1.31 bits per heavy atom. The van der Waals surface area contributed by atoms with Gasteiger partial charge in [-0.1, -0.05) is 12.1 Å². The monoisotopic (exact) mass is 240 g/mol. The number of rotatable bonds is 6. The number of carbonyl (C=O) groups excluding carboxylic acids is 1. The molecule has 0 aromatic heterocycles. The van der Waals surface area contributed by atoms with Gasteiger partial charge in [0, 0.05) is 5.75 Å². The summed E-state index contributed by atoms with van der Waals surface area (Å²) in [6, 6.07) is 7.83. The van der Waals surface area contributed by atoms with Crippen molar-refractivity contribution in [1.29, 1.82) is 0 Å². The number of thioether (sulfide) groups is 1. The fourth-order valence-corrected chi connectivity index (χ4v) is 1.96. The van der Waals surface area contributed by atoms with Gasteiger partial charge in [-0.2, -0.15) is 0 Å². The zero-order valence-corrected chi connectivity index (χ0v) is 10.4. The highest BCUT2D eigenvalue weighted by molar-refractivity contribution is 7.99. The van der Waals surface area contributed by atoms with Crippen LogP contribution in [0.5, 0.6) is 5.75 Å². The van der Waals surface area contributed by atoms with E-state index in [1.165, 1.54) is 5.56 Å². The quantitative estimate of drug-likeness (QED) is 0.716. The van der Waals surface area contributed by atoms with E-state index in [4.69, 9.17) is 9.47 Å². The number of hydrogen-bond donors (Lipinski definition) is 0. The second kappa shape index (κ2) is 7.17. The van der Waals surface area contributed by atoms with Crippen LogP contribution in [0, 0.1) is 0 Å². The highest BCUT2D eigenvalue weighted by Crippen LogP contribution is 2.16. The third kappa shape index (κ3) is 4.57. The highest BCUT2D eigenvalue weighted by Gasteiger charge is 2.02. The van der Waals surface area contributed by atoms with Crippen molar-refractivity contribution in [2.45, 2.75) is 12.7 Å². The molecule has 0 spiro atoms. The van der Waals surface area contributed by atoms with Crippen LogP contribution in [0.3, 0.4) is 0 Å². The number of esters is 1. The lowest BCUT2D eigenvalue weighted by molar-refractivity contribution is -0.139. The number of benzene rings is 1. The van der Waals surface area contributed by atoms with Crippen LogP contribution in [0.4, 0.5) is 0 Å². The molecule has 16 heavy (non-hydrogen) atoms. The molecule has 0 saturated heterocycles. The summed E-state index contributed by atoms with van der Waals surface area (Å²) in [5.74, 6) is 1.91. The first-order valence-corrected chi connectivity index (χ1v) is 6.28. The lowest BCUT2D eigenvalue weighted by atomic mass is 10.2. The van der Waals surface area contributed by atoms with Gasteiger partial charge < -0.3 is 9.47 Å². The number of ether oxygens (including phenoxy) is 2. The molecule has 3 nitrogen and oxygen atoms in total. The van der Waals surface area contributed by atoms with Crippen molar-refractivity contribution in [3.05, 3.63) is 29.8 Å². The van der Waals surface area contributed by atoms with Crippen LogP contribution in [0.25, 0.3) is 0 Å². The van der Waals surface area contributed by atoms with E-state index in [1.807, 2.05) is 31.2 Å². The standard InChI is InChI=1S/C12H16O3S/c1-3-15-12(13)9-16-8-10-4-6-11(14-2)7-5-10/h4-7H,3,8-9H2,1-2H3. The molecule has 0 atom stereocenters. The highest BCUT2D eigenvalue weighted by atomic mass is 32.2. The first kappa shape index (κ1) is 12.9. The minimum atomic E-state index is -0.152. The molecule has 1 rings (SSSR count). The summed E-state index contributed by atoms with van der Waals surface area (Å²) in [6.45, 7) is 2.26. The average Bonchev–Trinajstić information content (AvgIpc) is 2.30. The van der Waals surface area contributed by atoms with Crippen molar-refractivity contribution >= 4 is 17.7 Å². The molecule has 0 heterocycles.